The van der Waals surface area contributed by atoms with Gasteiger partial charge in [-0.25, -0.2) is 0 Å². The molecule has 2 fully saturated rings. The monoisotopic (exact) mass is 383 g/mol. The Labute approximate surface area is 157 Å². The van der Waals surface area contributed by atoms with Crippen molar-refractivity contribution in [1.29, 1.82) is 0 Å². The van der Waals surface area contributed by atoms with Crippen molar-refractivity contribution in [3.63, 3.8) is 0 Å². The van der Waals surface area contributed by atoms with Crippen molar-refractivity contribution >= 4 is 11.7 Å². The van der Waals surface area contributed by atoms with Crippen molar-refractivity contribution in [2.45, 2.75) is 58.0 Å². The lowest BCUT2D eigenvalue weighted by molar-refractivity contribution is -0.159. The summed E-state index contributed by atoms with van der Waals surface area (Å²) in [6.45, 7) is 2.16. The highest BCUT2D eigenvalue weighted by atomic mass is 19.3. The Morgan fingerprint density at radius 1 is 1.26 bits per heavy atom. The van der Waals surface area contributed by atoms with Crippen LogP contribution in [0, 0.1) is 11.3 Å². The molecule has 1 aromatic carbocycles. The van der Waals surface area contributed by atoms with Crippen LogP contribution in [0.3, 0.4) is 0 Å². The van der Waals surface area contributed by atoms with Crippen LogP contribution < -0.4 is 9.64 Å². The lowest BCUT2D eigenvalue weighted by Gasteiger charge is -2.46. The molecule has 0 amide bonds. The van der Waals surface area contributed by atoms with Crippen LogP contribution in [0.5, 0.6) is 11.5 Å². The average molecular weight is 383 g/mol. The highest BCUT2D eigenvalue weighted by molar-refractivity contribution is 5.67. The maximum absolute atomic E-state index is 13.1. The van der Waals surface area contributed by atoms with Crippen LogP contribution in [0.25, 0.3) is 0 Å². The number of hydrogen-bond acceptors (Lipinski definition) is 4. The second-order valence-electron chi connectivity index (χ2n) is 8.09. The highest BCUT2D eigenvalue weighted by Crippen LogP contribution is 2.48. The summed E-state index contributed by atoms with van der Waals surface area (Å²) < 4.78 is 30.8. The molecule has 1 aromatic rings. The van der Waals surface area contributed by atoms with Gasteiger partial charge in [-0.2, -0.15) is 8.78 Å². The number of hydrogen-bond donors (Lipinski definition) is 2. The van der Waals surface area contributed by atoms with E-state index in [9.17, 15) is 18.7 Å². The molecule has 1 aliphatic carbocycles. The highest BCUT2D eigenvalue weighted by Gasteiger charge is 2.38. The predicted octanol–water partition coefficient (Wildman–Crippen LogP) is 4.64. The molecule has 150 valence electrons. The van der Waals surface area contributed by atoms with Gasteiger partial charge in [0.05, 0.1) is 5.69 Å². The fourth-order valence-corrected chi connectivity index (χ4v) is 4.49. The van der Waals surface area contributed by atoms with E-state index in [-0.39, 0.29) is 29.3 Å². The summed E-state index contributed by atoms with van der Waals surface area (Å²) in [5, 5.41) is 19.1. The third-order valence-corrected chi connectivity index (χ3v) is 6.04. The molecule has 5 nitrogen and oxygen atoms in total. The number of carboxylic acids is 1. The van der Waals surface area contributed by atoms with Gasteiger partial charge >= 0.3 is 12.1 Å². The lowest BCUT2D eigenvalue weighted by atomic mass is 9.65. The summed E-state index contributed by atoms with van der Waals surface area (Å²) in [5.74, 6) is -0.353. The number of alkyl halides is 2. The molecule has 1 saturated carbocycles. The van der Waals surface area contributed by atoms with E-state index in [1.807, 2.05) is 4.90 Å². The van der Waals surface area contributed by atoms with Crippen molar-refractivity contribution in [3.05, 3.63) is 18.2 Å². The molecule has 0 bridgehead atoms. The number of benzene rings is 1. The largest absolute Gasteiger partial charge is 0.506 e. The van der Waals surface area contributed by atoms with E-state index < -0.39 is 12.1 Å². The molecule has 0 aromatic heterocycles. The average Bonchev–Trinajstić information content (AvgIpc) is 2.58. The first kappa shape index (κ1) is 19.7. The number of carboxylic acid groups (broad SMARTS) is 1. The molecular weight excluding hydrogens is 356 g/mol. The summed E-state index contributed by atoms with van der Waals surface area (Å²) in [7, 11) is 0. The Morgan fingerprint density at radius 3 is 2.44 bits per heavy atom. The molecule has 0 radical (unpaired) electrons. The first-order chi connectivity index (χ1) is 12.7. The number of rotatable bonds is 5. The molecule has 3 rings (SSSR count). The maximum atomic E-state index is 13.1. The smallest absolute Gasteiger partial charge is 0.394 e. The van der Waals surface area contributed by atoms with Gasteiger partial charge in [-0.05, 0) is 62.0 Å². The number of piperidine rings is 1. The summed E-state index contributed by atoms with van der Waals surface area (Å²) in [6, 6.07) is 4.19. The van der Waals surface area contributed by atoms with Gasteiger partial charge in [-0.3, -0.25) is 4.79 Å². The van der Waals surface area contributed by atoms with Gasteiger partial charge < -0.3 is 19.8 Å². The quantitative estimate of drug-likeness (QED) is 0.775. The third kappa shape index (κ3) is 5.02. The fraction of sp³-hybridized carbons (Fsp3) is 0.650. The van der Waals surface area contributed by atoms with Gasteiger partial charge in [0.25, 0.3) is 0 Å². The molecular formula is C20H27F2NO4. The Balaban J connectivity index is 1.61. The van der Waals surface area contributed by atoms with Crippen LogP contribution in [0.15, 0.2) is 18.2 Å². The number of nitrogens with zero attached hydrogens (tertiary/aromatic N) is 1. The van der Waals surface area contributed by atoms with Gasteiger partial charge in [0.15, 0.2) is 0 Å². The van der Waals surface area contributed by atoms with Gasteiger partial charge in [-0.1, -0.05) is 0 Å². The van der Waals surface area contributed by atoms with Crippen LogP contribution in [0.4, 0.5) is 14.5 Å². The number of phenols is 1. The zero-order chi connectivity index (χ0) is 19.7. The van der Waals surface area contributed by atoms with E-state index in [0.29, 0.717) is 12.6 Å². The molecule has 7 heteroatoms. The first-order valence-electron chi connectivity index (χ1n) is 9.52. The SMILES string of the molecule is CC(F)(F)Oc1ccc(O)c(N2CCC3(CCC(CC(=O)O)CC3)CC2)c1. The van der Waals surface area contributed by atoms with Gasteiger partial charge in [0.2, 0.25) is 0 Å². The summed E-state index contributed by atoms with van der Waals surface area (Å²) in [6.07, 6.45) is 2.88. The van der Waals surface area contributed by atoms with Crippen LogP contribution >= 0.6 is 0 Å². The normalized spacial score (nSPS) is 20.6. The number of anilines is 1. The molecule has 0 unspecified atom stereocenters. The fourth-order valence-electron chi connectivity index (χ4n) is 4.49. The van der Waals surface area contributed by atoms with Crippen molar-refractivity contribution < 1.29 is 28.5 Å². The van der Waals surface area contributed by atoms with E-state index in [1.54, 1.807) is 0 Å². The molecule has 27 heavy (non-hydrogen) atoms. The van der Waals surface area contributed by atoms with Crippen LogP contribution in [0.1, 0.15) is 51.9 Å². The van der Waals surface area contributed by atoms with Crippen molar-refractivity contribution in [2.24, 2.45) is 11.3 Å². The van der Waals surface area contributed by atoms with Gasteiger partial charge in [0, 0.05) is 32.5 Å². The standard InChI is InChI=1S/C20H27F2NO4/c1-19(21,22)27-15-2-3-17(24)16(13-15)23-10-8-20(9-11-23)6-4-14(5-7-20)12-18(25)26/h2-3,13-14,24H,4-12H2,1H3,(H,25,26). The second-order valence-corrected chi connectivity index (χ2v) is 8.09. The Kier molecular flexibility index (Phi) is 5.49. The Morgan fingerprint density at radius 2 is 1.89 bits per heavy atom. The number of ether oxygens (including phenoxy) is 1. The minimum absolute atomic E-state index is 0.0322. The minimum atomic E-state index is -3.27. The zero-order valence-corrected chi connectivity index (χ0v) is 15.6. The van der Waals surface area contributed by atoms with E-state index >= 15 is 0 Å². The van der Waals surface area contributed by atoms with Crippen molar-refractivity contribution in [2.75, 3.05) is 18.0 Å². The molecule has 2 N–H and O–H groups in total. The number of aliphatic carboxylic acids is 1. The third-order valence-electron chi connectivity index (χ3n) is 6.04. The Hall–Kier alpha value is -2.05. The number of carbonyl (C=O) groups is 1. The number of halogens is 2. The lowest BCUT2D eigenvalue weighted by Crippen LogP contribution is -2.42. The molecule has 0 atom stereocenters. The van der Waals surface area contributed by atoms with E-state index in [4.69, 9.17) is 5.11 Å². The number of phenolic OH excluding ortho intramolecular Hbond substituents is 1. The first-order valence-corrected chi connectivity index (χ1v) is 9.52. The molecule has 2 aliphatic rings. The van der Waals surface area contributed by atoms with Crippen molar-refractivity contribution in [1.82, 2.24) is 0 Å². The number of aromatic hydroxyl groups is 1. The molecule has 1 heterocycles. The molecule has 1 spiro atoms. The summed E-state index contributed by atoms with van der Waals surface area (Å²) >= 11 is 0. The van der Waals surface area contributed by atoms with Crippen LogP contribution in [0.2, 0.25) is 0 Å². The van der Waals surface area contributed by atoms with E-state index in [2.05, 4.69) is 4.74 Å². The van der Waals surface area contributed by atoms with Crippen molar-refractivity contribution in [3.8, 4) is 11.5 Å². The predicted molar refractivity (Wildman–Crippen MR) is 97.4 cm³/mol. The zero-order valence-electron chi connectivity index (χ0n) is 15.6. The molecule has 1 aliphatic heterocycles. The Bertz CT molecular complexity index is 671. The second kappa shape index (κ2) is 7.52. The van der Waals surface area contributed by atoms with E-state index in [1.165, 1.54) is 18.2 Å². The van der Waals surface area contributed by atoms with Gasteiger partial charge in [0.1, 0.15) is 11.5 Å². The maximum Gasteiger partial charge on any atom is 0.394 e. The van der Waals surface area contributed by atoms with Crippen LogP contribution in [-0.2, 0) is 4.79 Å². The van der Waals surface area contributed by atoms with Gasteiger partial charge in [-0.15, -0.1) is 0 Å². The summed E-state index contributed by atoms with van der Waals surface area (Å²) in [4.78, 5) is 12.9. The minimum Gasteiger partial charge on any atom is -0.506 e. The topological polar surface area (TPSA) is 70.0 Å². The molecule has 1 saturated heterocycles. The summed E-state index contributed by atoms with van der Waals surface area (Å²) in [5.41, 5.74) is 0.761. The van der Waals surface area contributed by atoms with Crippen LogP contribution in [-0.4, -0.2) is 35.4 Å². The van der Waals surface area contributed by atoms with E-state index in [0.717, 1.165) is 51.6 Å².